The minimum absolute atomic E-state index is 0.00883. The zero-order valence-corrected chi connectivity index (χ0v) is 12.5. The maximum absolute atomic E-state index is 11.7. The highest BCUT2D eigenvalue weighted by Gasteiger charge is 2.36. The van der Waals surface area contributed by atoms with Crippen molar-refractivity contribution in [2.75, 3.05) is 26.8 Å². The summed E-state index contributed by atoms with van der Waals surface area (Å²) in [5, 5.41) is 14.3. The zero-order valence-electron chi connectivity index (χ0n) is 12.5. The number of rotatable bonds is 6. The fourth-order valence-electron chi connectivity index (χ4n) is 3.05. The van der Waals surface area contributed by atoms with Crippen molar-refractivity contribution >= 4 is 6.03 Å². The van der Waals surface area contributed by atoms with Crippen LogP contribution in [0.25, 0.3) is 0 Å². The van der Waals surface area contributed by atoms with Crippen LogP contribution in [-0.2, 0) is 5.41 Å². The third kappa shape index (κ3) is 3.88. The fourth-order valence-corrected chi connectivity index (χ4v) is 3.05. The molecule has 1 aromatic carbocycles. The molecule has 1 saturated carbocycles. The molecule has 0 atom stereocenters. The summed E-state index contributed by atoms with van der Waals surface area (Å²) >= 11 is 0. The van der Waals surface area contributed by atoms with Crippen LogP contribution in [-0.4, -0.2) is 37.9 Å². The van der Waals surface area contributed by atoms with E-state index in [9.17, 15) is 4.79 Å². The maximum atomic E-state index is 11.7. The first-order valence-corrected chi connectivity index (χ1v) is 7.47. The van der Waals surface area contributed by atoms with Crippen molar-refractivity contribution in [2.24, 2.45) is 0 Å². The molecule has 3 N–H and O–H groups in total. The molecule has 2 amide bonds. The third-order valence-electron chi connectivity index (χ3n) is 4.23. The van der Waals surface area contributed by atoms with Crippen molar-refractivity contribution < 1.29 is 14.6 Å². The Bertz CT molecular complexity index is 470. The summed E-state index contributed by atoms with van der Waals surface area (Å²) in [6.07, 6.45) is 4.50. The molecule has 0 aliphatic heterocycles. The van der Waals surface area contributed by atoms with Gasteiger partial charge in [-0.15, -0.1) is 0 Å². The number of hydrogen-bond acceptors (Lipinski definition) is 3. The lowest BCUT2D eigenvalue weighted by Crippen LogP contribution is -2.44. The third-order valence-corrected chi connectivity index (χ3v) is 4.23. The van der Waals surface area contributed by atoms with Gasteiger partial charge in [-0.25, -0.2) is 4.79 Å². The molecule has 1 fully saturated rings. The highest BCUT2D eigenvalue weighted by atomic mass is 16.5. The second-order valence-electron chi connectivity index (χ2n) is 5.55. The van der Waals surface area contributed by atoms with E-state index >= 15 is 0 Å². The van der Waals surface area contributed by atoms with Crippen LogP contribution in [0.4, 0.5) is 4.79 Å². The molecule has 0 bridgehead atoms. The van der Waals surface area contributed by atoms with Crippen LogP contribution >= 0.6 is 0 Å². The van der Waals surface area contributed by atoms with Gasteiger partial charge in [0.1, 0.15) is 5.75 Å². The predicted octanol–water partition coefficient (Wildman–Crippen LogP) is 1.80. The first-order chi connectivity index (χ1) is 10.2. The molecular weight excluding hydrogens is 268 g/mol. The molecule has 21 heavy (non-hydrogen) atoms. The lowest BCUT2D eigenvalue weighted by molar-refractivity contribution is 0.231. The highest BCUT2D eigenvalue weighted by molar-refractivity contribution is 5.74. The summed E-state index contributed by atoms with van der Waals surface area (Å²) in [5.74, 6) is 0.850. The van der Waals surface area contributed by atoms with E-state index in [2.05, 4.69) is 22.8 Å². The van der Waals surface area contributed by atoms with Crippen molar-refractivity contribution in [1.29, 1.82) is 0 Å². The van der Waals surface area contributed by atoms with Gasteiger partial charge in [-0.1, -0.05) is 25.0 Å². The molecule has 0 saturated heterocycles. The minimum Gasteiger partial charge on any atom is -0.497 e. The van der Waals surface area contributed by atoms with Crippen LogP contribution in [0.2, 0.25) is 0 Å². The van der Waals surface area contributed by atoms with Crippen molar-refractivity contribution in [1.82, 2.24) is 10.6 Å². The second kappa shape index (κ2) is 7.31. The molecule has 1 aliphatic rings. The lowest BCUT2D eigenvalue weighted by Gasteiger charge is -2.30. The Morgan fingerprint density at radius 2 is 2.10 bits per heavy atom. The molecule has 0 spiro atoms. The average molecular weight is 292 g/mol. The second-order valence-corrected chi connectivity index (χ2v) is 5.55. The molecule has 0 radical (unpaired) electrons. The average Bonchev–Trinajstić information content (AvgIpc) is 3.01. The standard InChI is InChI=1S/C16H24N2O3/c1-21-14-6-4-5-13(11-14)16(7-2-3-8-16)12-18-15(20)17-9-10-19/h4-6,11,19H,2-3,7-10,12H2,1H3,(H2,17,18,20). The van der Waals surface area contributed by atoms with Gasteiger partial charge in [0.25, 0.3) is 0 Å². The van der Waals surface area contributed by atoms with E-state index in [1.165, 1.54) is 18.4 Å². The van der Waals surface area contributed by atoms with Gasteiger partial charge in [0.05, 0.1) is 13.7 Å². The SMILES string of the molecule is COc1cccc(C2(CNC(=O)NCCO)CCCC2)c1. The Kier molecular flexibility index (Phi) is 5.44. The van der Waals surface area contributed by atoms with Crippen LogP contribution in [0.1, 0.15) is 31.2 Å². The molecule has 2 rings (SSSR count). The zero-order chi connectivity index (χ0) is 15.1. The number of aliphatic hydroxyl groups excluding tert-OH is 1. The molecule has 1 aliphatic carbocycles. The van der Waals surface area contributed by atoms with E-state index in [0.717, 1.165) is 18.6 Å². The predicted molar refractivity (Wildman–Crippen MR) is 81.6 cm³/mol. The van der Waals surface area contributed by atoms with E-state index in [0.29, 0.717) is 6.54 Å². The number of aliphatic hydroxyl groups is 1. The Morgan fingerprint density at radius 3 is 2.76 bits per heavy atom. The molecule has 0 aromatic heterocycles. The summed E-state index contributed by atoms with van der Waals surface area (Å²) in [6, 6.07) is 7.89. The summed E-state index contributed by atoms with van der Waals surface area (Å²) in [7, 11) is 1.67. The quantitative estimate of drug-likeness (QED) is 0.749. The number of ether oxygens (including phenoxy) is 1. The van der Waals surface area contributed by atoms with Gasteiger partial charge < -0.3 is 20.5 Å². The Hall–Kier alpha value is -1.75. The van der Waals surface area contributed by atoms with Crippen molar-refractivity contribution in [3.63, 3.8) is 0 Å². The summed E-state index contributed by atoms with van der Waals surface area (Å²) in [5.41, 5.74) is 1.22. The van der Waals surface area contributed by atoms with Gasteiger partial charge in [0.2, 0.25) is 0 Å². The molecule has 0 heterocycles. The Labute approximate surface area is 125 Å². The summed E-state index contributed by atoms with van der Waals surface area (Å²) < 4.78 is 5.31. The number of benzene rings is 1. The number of amides is 2. The van der Waals surface area contributed by atoms with Gasteiger partial charge in [-0.2, -0.15) is 0 Å². The number of nitrogens with one attached hydrogen (secondary N) is 2. The van der Waals surface area contributed by atoms with E-state index in [1.807, 2.05) is 12.1 Å². The number of carbonyl (C=O) groups excluding carboxylic acids is 1. The van der Waals surface area contributed by atoms with E-state index in [-0.39, 0.29) is 24.6 Å². The first-order valence-electron chi connectivity index (χ1n) is 7.47. The largest absolute Gasteiger partial charge is 0.497 e. The Morgan fingerprint density at radius 1 is 1.33 bits per heavy atom. The van der Waals surface area contributed by atoms with Crippen molar-refractivity contribution in [3.8, 4) is 5.75 Å². The number of urea groups is 1. The molecule has 116 valence electrons. The number of carbonyl (C=O) groups is 1. The lowest BCUT2D eigenvalue weighted by atomic mass is 9.78. The van der Waals surface area contributed by atoms with Crippen LogP contribution in [0.5, 0.6) is 5.75 Å². The van der Waals surface area contributed by atoms with Gasteiger partial charge in [0.15, 0.2) is 0 Å². The smallest absolute Gasteiger partial charge is 0.314 e. The first kappa shape index (κ1) is 15.6. The summed E-state index contributed by atoms with van der Waals surface area (Å²) in [6.45, 7) is 0.837. The van der Waals surface area contributed by atoms with Crippen molar-refractivity contribution in [2.45, 2.75) is 31.1 Å². The monoisotopic (exact) mass is 292 g/mol. The minimum atomic E-state index is -0.224. The van der Waals surface area contributed by atoms with E-state index < -0.39 is 0 Å². The summed E-state index contributed by atoms with van der Waals surface area (Å²) in [4.78, 5) is 11.7. The molecular formula is C16H24N2O3. The topological polar surface area (TPSA) is 70.6 Å². The fraction of sp³-hybridized carbons (Fsp3) is 0.562. The van der Waals surface area contributed by atoms with Gasteiger partial charge >= 0.3 is 6.03 Å². The van der Waals surface area contributed by atoms with Crippen LogP contribution in [0.15, 0.2) is 24.3 Å². The van der Waals surface area contributed by atoms with Crippen LogP contribution in [0.3, 0.4) is 0 Å². The van der Waals surface area contributed by atoms with Gasteiger partial charge in [0, 0.05) is 18.5 Å². The molecule has 0 unspecified atom stereocenters. The normalized spacial score (nSPS) is 16.5. The van der Waals surface area contributed by atoms with E-state index in [4.69, 9.17) is 9.84 Å². The maximum Gasteiger partial charge on any atom is 0.314 e. The molecule has 1 aromatic rings. The molecule has 5 heteroatoms. The van der Waals surface area contributed by atoms with Gasteiger partial charge in [-0.3, -0.25) is 0 Å². The Balaban J connectivity index is 2.07. The highest BCUT2D eigenvalue weighted by Crippen LogP contribution is 2.41. The van der Waals surface area contributed by atoms with Crippen LogP contribution < -0.4 is 15.4 Å². The van der Waals surface area contributed by atoms with Gasteiger partial charge in [-0.05, 0) is 30.5 Å². The van der Waals surface area contributed by atoms with Crippen molar-refractivity contribution in [3.05, 3.63) is 29.8 Å². The number of hydrogen-bond donors (Lipinski definition) is 3. The number of methoxy groups -OCH3 is 1. The van der Waals surface area contributed by atoms with Crippen LogP contribution in [0, 0.1) is 0 Å². The van der Waals surface area contributed by atoms with E-state index in [1.54, 1.807) is 7.11 Å². The molecule has 5 nitrogen and oxygen atoms in total.